The Kier molecular flexibility index (Phi) is 7.69. The van der Waals surface area contributed by atoms with Gasteiger partial charge in [0, 0.05) is 12.6 Å². The summed E-state index contributed by atoms with van der Waals surface area (Å²) in [6, 6.07) is 6.54. The van der Waals surface area contributed by atoms with Gasteiger partial charge in [-0.25, -0.2) is 13.1 Å². The number of rotatable bonds is 7. The van der Waals surface area contributed by atoms with E-state index in [4.69, 9.17) is 34.8 Å². The van der Waals surface area contributed by atoms with Gasteiger partial charge < -0.3 is 9.64 Å². The van der Waals surface area contributed by atoms with Gasteiger partial charge in [0.05, 0.1) is 21.1 Å². The first-order valence-corrected chi connectivity index (χ1v) is 10.6. The van der Waals surface area contributed by atoms with Gasteiger partial charge in [-0.15, -0.1) is 13.2 Å². The second-order valence-corrected chi connectivity index (χ2v) is 9.15. The maximum Gasteiger partial charge on any atom is 0.573 e. The Morgan fingerprint density at radius 3 is 2.21 bits per heavy atom. The molecule has 0 saturated heterocycles. The molecule has 29 heavy (non-hydrogen) atoms. The van der Waals surface area contributed by atoms with Crippen molar-refractivity contribution in [2.75, 3.05) is 20.6 Å². The molecular formula is C17H16Cl3F3N2O3S. The first-order chi connectivity index (χ1) is 13.3. The second-order valence-electron chi connectivity index (χ2n) is 6.25. The summed E-state index contributed by atoms with van der Waals surface area (Å²) in [5.41, 5.74) is 0.546. The summed E-state index contributed by atoms with van der Waals surface area (Å²) >= 11 is 17.8. The van der Waals surface area contributed by atoms with Crippen molar-refractivity contribution >= 4 is 44.8 Å². The van der Waals surface area contributed by atoms with E-state index in [1.165, 1.54) is 12.1 Å². The van der Waals surface area contributed by atoms with Crippen molar-refractivity contribution in [3.63, 3.8) is 0 Å². The fraction of sp³-hybridized carbons (Fsp3) is 0.294. The summed E-state index contributed by atoms with van der Waals surface area (Å²) < 4.78 is 68.9. The largest absolute Gasteiger partial charge is 0.573 e. The van der Waals surface area contributed by atoms with Crippen LogP contribution in [0.2, 0.25) is 15.1 Å². The molecule has 2 aromatic carbocycles. The summed E-state index contributed by atoms with van der Waals surface area (Å²) in [5.74, 6) is -0.629. The summed E-state index contributed by atoms with van der Waals surface area (Å²) in [6.07, 6.45) is -4.92. The fourth-order valence-electron chi connectivity index (χ4n) is 2.45. The predicted octanol–water partition coefficient (Wildman–Crippen LogP) is 5.13. The predicted molar refractivity (Wildman–Crippen MR) is 106 cm³/mol. The smallest absolute Gasteiger partial charge is 0.406 e. The number of sulfonamides is 1. The minimum Gasteiger partial charge on any atom is -0.406 e. The molecule has 0 aliphatic carbocycles. The maximum absolute atomic E-state index is 12.8. The Balaban J connectivity index is 2.35. The van der Waals surface area contributed by atoms with Crippen molar-refractivity contribution in [1.29, 1.82) is 0 Å². The van der Waals surface area contributed by atoms with Gasteiger partial charge in [0.2, 0.25) is 10.0 Å². The number of halogens is 6. The van der Waals surface area contributed by atoms with E-state index in [1.807, 2.05) is 0 Å². The normalized spacial score (nSPS) is 13.6. The van der Waals surface area contributed by atoms with E-state index >= 15 is 0 Å². The van der Waals surface area contributed by atoms with Crippen LogP contribution in [-0.2, 0) is 10.0 Å². The molecule has 0 heterocycles. The van der Waals surface area contributed by atoms with Crippen LogP contribution in [0, 0.1) is 0 Å². The van der Waals surface area contributed by atoms with Crippen LogP contribution in [0.25, 0.3) is 0 Å². The maximum atomic E-state index is 12.8. The summed E-state index contributed by atoms with van der Waals surface area (Å²) in [5, 5.41) is 0.140. The Morgan fingerprint density at radius 1 is 1.03 bits per heavy atom. The quantitative estimate of drug-likeness (QED) is 0.584. The number of ether oxygens (including phenoxy) is 1. The van der Waals surface area contributed by atoms with Crippen molar-refractivity contribution in [3.8, 4) is 5.75 Å². The molecule has 160 valence electrons. The monoisotopic (exact) mass is 490 g/mol. The van der Waals surface area contributed by atoms with Gasteiger partial charge in [-0.1, -0.05) is 40.9 Å². The average Bonchev–Trinajstić information content (AvgIpc) is 2.54. The van der Waals surface area contributed by atoms with Gasteiger partial charge in [0.15, 0.2) is 0 Å². The Hall–Kier alpha value is -1.23. The van der Waals surface area contributed by atoms with Gasteiger partial charge >= 0.3 is 6.36 Å². The van der Waals surface area contributed by atoms with Crippen LogP contribution in [0.3, 0.4) is 0 Å². The molecule has 0 radical (unpaired) electrons. The van der Waals surface area contributed by atoms with Crippen LogP contribution < -0.4 is 9.46 Å². The standard InChI is InChI=1S/C17H16Cl3F3N2O3S/c1-25(2)9-15(10-3-5-12(18)13(19)7-10)24-29(26,27)16-6-4-11(8-14(16)20)28-17(21,22)23/h3-8,15,24H,9H2,1-2H3/t15-/m0/s1. The lowest BCUT2D eigenvalue weighted by Crippen LogP contribution is -2.35. The van der Waals surface area contributed by atoms with E-state index in [-0.39, 0.29) is 11.6 Å². The Bertz CT molecular complexity index is 986. The Labute approximate surface area is 181 Å². The van der Waals surface area contributed by atoms with Crippen LogP contribution in [0.1, 0.15) is 11.6 Å². The molecule has 0 bridgehead atoms. The lowest BCUT2D eigenvalue weighted by atomic mass is 10.1. The van der Waals surface area contributed by atoms with E-state index in [0.717, 1.165) is 18.2 Å². The highest BCUT2D eigenvalue weighted by atomic mass is 35.5. The molecule has 2 rings (SSSR count). The highest BCUT2D eigenvalue weighted by Gasteiger charge is 2.32. The second kappa shape index (κ2) is 9.28. The average molecular weight is 492 g/mol. The number of benzene rings is 2. The summed E-state index contributed by atoms with van der Waals surface area (Å²) in [6.45, 7) is 0.268. The zero-order chi connectivity index (χ0) is 22.0. The van der Waals surface area contributed by atoms with Crippen molar-refractivity contribution in [2.45, 2.75) is 17.3 Å². The third kappa shape index (κ3) is 6.91. The molecular weight excluding hydrogens is 476 g/mol. The number of nitrogens with one attached hydrogen (secondary N) is 1. The first-order valence-electron chi connectivity index (χ1n) is 7.96. The topological polar surface area (TPSA) is 58.6 Å². The highest BCUT2D eigenvalue weighted by molar-refractivity contribution is 7.89. The van der Waals surface area contributed by atoms with Crippen molar-refractivity contribution in [2.24, 2.45) is 0 Å². The highest BCUT2D eigenvalue weighted by Crippen LogP contribution is 2.31. The van der Waals surface area contributed by atoms with Crippen LogP contribution in [0.15, 0.2) is 41.3 Å². The van der Waals surface area contributed by atoms with Gasteiger partial charge in [0.1, 0.15) is 10.6 Å². The molecule has 0 saturated carbocycles. The van der Waals surface area contributed by atoms with E-state index in [0.29, 0.717) is 10.6 Å². The molecule has 0 aliphatic rings. The first kappa shape index (κ1) is 24.0. The van der Waals surface area contributed by atoms with Crippen LogP contribution in [0.4, 0.5) is 13.2 Å². The molecule has 12 heteroatoms. The van der Waals surface area contributed by atoms with Crippen molar-refractivity contribution in [1.82, 2.24) is 9.62 Å². The van der Waals surface area contributed by atoms with Gasteiger partial charge in [-0.3, -0.25) is 0 Å². The van der Waals surface area contributed by atoms with E-state index in [2.05, 4.69) is 9.46 Å². The van der Waals surface area contributed by atoms with Gasteiger partial charge in [-0.05, 0) is 43.9 Å². The molecule has 0 unspecified atom stereocenters. The van der Waals surface area contributed by atoms with Crippen LogP contribution >= 0.6 is 34.8 Å². The number of likely N-dealkylation sites (N-methyl/N-ethyl adjacent to an activating group) is 1. The lowest BCUT2D eigenvalue weighted by Gasteiger charge is -2.23. The minimum atomic E-state index is -4.92. The molecule has 0 spiro atoms. The molecule has 2 aromatic rings. The molecule has 1 N–H and O–H groups in total. The minimum absolute atomic E-state index is 0.249. The molecule has 0 amide bonds. The third-order valence-corrected chi connectivity index (χ3v) is 6.31. The van der Waals surface area contributed by atoms with Gasteiger partial charge in [-0.2, -0.15) is 0 Å². The number of alkyl halides is 3. The Morgan fingerprint density at radius 2 is 1.69 bits per heavy atom. The number of hydrogen-bond donors (Lipinski definition) is 1. The van der Waals surface area contributed by atoms with E-state index < -0.39 is 38.1 Å². The SMILES string of the molecule is CN(C)C[C@H](NS(=O)(=O)c1ccc(OC(F)(F)F)cc1Cl)c1ccc(Cl)c(Cl)c1. The van der Waals surface area contributed by atoms with E-state index in [1.54, 1.807) is 25.1 Å². The molecule has 0 fully saturated rings. The molecule has 0 aromatic heterocycles. The zero-order valence-corrected chi connectivity index (χ0v) is 18.2. The fourth-order valence-corrected chi connectivity index (χ4v) is 4.51. The third-order valence-electron chi connectivity index (χ3n) is 3.62. The summed E-state index contributed by atoms with van der Waals surface area (Å²) in [4.78, 5) is 1.36. The van der Waals surface area contributed by atoms with Crippen LogP contribution in [0.5, 0.6) is 5.75 Å². The number of nitrogens with zero attached hydrogens (tertiary/aromatic N) is 1. The van der Waals surface area contributed by atoms with Crippen LogP contribution in [-0.4, -0.2) is 40.3 Å². The molecule has 0 aliphatic heterocycles. The molecule has 5 nitrogen and oxygen atoms in total. The summed E-state index contributed by atoms with van der Waals surface area (Å²) in [7, 11) is -0.699. The van der Waals surface area contributed by atoms with Gasteiger partial charge in [0.25, 0.3) is 0 Å². The van der Waals surface area contributed by atoms with E-state index in [9.17, 15) is 21.6 Å². The number of hydrogen-bond acceptors (Lipinski definition) is 4. The molecule has 1 atom stereocenters. The zero-order valence-electron chi connectivity index (χ0n) is 15.1. The van der Waals surface area contributed by atoms with Crippen molar-refractivity contribution < 1.29 is 26.3 Å². The van der Waals surface area contributed by atoms with Crippen molar-refractivity contribution in [3.05, 3.63) is 57.0 Å². The lowest BCUT2D eigenvalue weighted by molar-refractivity contribution is -0.274.